The van der Waals surface area contributed by atoms with E-state index in [0.717, 1.165) is 36.0 Å². The summed E-state index contributed by atoms with van der Waals surface area (Å²) in [6, 6.07) is 4.03. The number of anilines is 1. The summed E-state index contributed by atoms with van der Waals surface area (Å²) in [6.45, 7) is 11.5. The van der Waals surface area contributed by atoms with E-state index in [4.69, 9.17) is 9.73 Å². The van der Waals surface area contributed by atoms with Crippen molar-refractivity contribution in [2.24, 2.45) is 4.99 Å². The Kier molecular flexibility index (Phi) is 10.6. The molecule has 2 aromatic rings. The molecular weight excluding hydrogens is 539 g/mol. The zero-order valence-electron chi connectivity index (χ0n) is 19.2. The highest BCUT2D eigenvalue weighted by atomic mass is 127. The molecule has 1 aliphatic rings. The van der Waals surface area contributed by atoms with Crippen LogP contribution in [0.5, 0.6) is 0 Å². The first-order chi connectivity index (χ1) is 15.0. The van der Waals surface area contributed by atoms with Crippen molar-refractivity contribution in [1.82, 2.24) is 20.6 Å². The Hall–Kier alpha value is -1.95. The Labute approximate surface area is 211 Å². The van der Waals surface area contributed by atoms with Crippen LogP contribution in [-0.2, 0) is 11.3 Å². The van der Waals surface area contributed by atoms with Gasteiger partial charge in [0.15, 0.2) is 5.96 Å². The molecule has 0 amide bonds. The van der Waals surface area contributed by atoms with Gasteiger partial charge in [0.1, 0.15) is 15.7 Å². The SMILES string of the molecule is CCNC(=NCc1ccnc(N2CCCC2)c1)NC(C)c1nc(C)c(C(=O)OCC)s1.I. The maximum atomic E-state index is 12.1. The Morgan fingerprint density at radius 3 is 2.78 bits per heavy atom. The van der Waals surface area contributed by atoms with Gasteiger partial charge in [-0.2, -0.15) is 0 Å². The number of hydrogen-bond donors (Lipinski definition) is 2. The molecule has 0 spiro atoms. The number of aliphatic imine (C=N–C) groups is 1. The average molecular weight is 573 g/mol. The highest BCUT2D eigenvalue weighted by Crippen LogP contribution is 2.24. The number of aryl methyl sites for hydroxylation is 1. The topological polar surface area (TPSA) is 91.7 Å². The first-order valence-corrected chi connectivity index (χ1v) is 11.7. The lowest BCUT2D eigenvalue weighted by Gasteiger charge is -2.17. The lowest BCUT2D eigenvalue weighted by molar-refractivity contribution is 0.0531. The first kappa shape index (κ1) is 26.3. The van der Waals surface area contributed by atoms with Crippen molar-refractivity contribution in [1.29, 1.82) is 0 Å². The molecule has 1 unspecified atom stereocenters. The Morgan fingerprint density at radius 2 is 2.09 bits per heavy atom. The van der Waals surface area contributed by atoms with E-state index in [9.17, 15) is 4.79 Å². The summed E-state index contributed by atoms with van der Waals surface area (Å²) in [5.74, 6) is 1.42. The number of carbonyl (C=O) groups is 1. The highest BCUT2D eigenvalue weighted by Gasteiger charge is 2.20. The summed E-state index contributed by atoms with van der Waals surface area (Å²) in [5, 5.41) is 7.51. The molecule has 1 aliphatic heterocycles. The number of pyridine rings is 1. The summed E-state index contributed by atoms with van der Waals surface area (Å²) in [4.78, 5) is 28.8. The van der Waals surface area contributed by atoms with Crippen LogP contribution in [0.2, 0.25) is 0 Å². The van der Waals surface area contributed by atoms with Gasteiger partial charge in [-0.25, -0.2) is 19.8 Å². The quantitative estimate of drug-likeness (QED) is 0.214. The van der Waals surface area contributed by atoms with E-state index in [0.29, 0.717) is 29.7 Å². The summed E-state index contributed by atoms with van der Waals surface area (Å²) in [7, 11) is 0. The maximum absolute atomic E-state index is 12.1. The van der Waals surface area contributed by atoms with Gasteiger partial charge in [0.25, 0.3) is 0 Å². The van der Waals surface area contributed by atoms with E-state index in [2.05, 4.69) is 31.6 Å². The second-order valence-corrected chi connectivity index (χ2v) is 8.50. The lowest BCUT2D eigenvalue weighted by Crippen LogP contribution is -2.38. The molecular formula is C22H33IN6O2S. The molecule has 2 N–H and O–H groups in total. The Balaban J connectivity index is 0.00000363. The van der Waals surface area contributed by atoms with Gasteiger partial charge >= 0.3 is 5.97 Å². The molecule has 0 saturated carbocycles. The zero-order valence-corrected chi connectivity index (χ0v) is 22.3. The number of nitrogens with zero attached hydrogens (tertiary/aromatic N) is 4. The van der Waals surface area contributed by atoms with Crippen molar-refractivity contribution >= 4 is 53.1 Å². The van der Waals surface area contributed by atoms with Gasteiger partial charge in [0.05, 0.1) is 24.9 Å². The van der Waals surface area contributed by atoms with Crippen LogP contribution < -0.4 is 15.5 Å². The number of hydrogen-bond acceptors (Lipinski definition) is 7. The molecule has 1 saturated heterocycles. The fourth-order valence-electron chi connectivity index (χ4n) is 3.42. The van der Waals surface area contributed by atoms with Gasteiger partial charge in [0, 0.05) is 25.8 Å². The molecule has 2 aromatic heterocycles. The van der Waals surface area contributed by atoms with E-state index >= 15 is 0 Å². The number of esters is 1. The van der Waals surface area contributed by atoms with Crippen LogP contribution in [0.4, 0.5) is 5.82 Å². The van der Waals surface area contributed by atoms with Gasteiger partial charge in [-0.1, -0.05) is 0 Å². The van der Waals surface area contributed by atoms with E-state index in [1.165, 1.54) is 24.2 Å². The van der Waals surface area contributed by atoms with Crippen molar-refractivity contribution in [3.05, 3.63) is 39.5 Å². The number of carbonyl (C=O) groups excluding carboxylic acids is 1. The van der Waals surface area contributed by atoms with Gasteiger partial charge in [-0.3, -0.25) is 0 Å². The average Bonchev–Trinajstić information content (AvgIpc) is 3.43. The number of rotatable bonds is 8. The summed E-state index contributed by atoms with van der Waals surface area (Å²) >= 11 is 1.36. The molecule has 0 aromatic carbocycles. The minimum Gasteiger partial charge on any atom is -0.462 e. The highest BCUT2D eigenvalue weighted by molar-refractivity contribution is 14.0. The molecule has 8 nitrogen and oxygen atoms in total. The third kappa shape index (κ3) is 7.03. The van der Waals surface area contributed by atoms with Crippen LogP contribution in [0.25, 0.3) is 0 Å². The van der Waals surface area contributed by atoms with Crippen molar-refractivity contribution in [3.8, 4) is 0 Å². The second kappa shape index (κ2) is 12.9. The van der Waals surface area contributed by atoms with Crippen LogP contribution in [-0.4, -0.2) is 48.1 Å². The third-order valence-corrected chi connectivity index (χ3v) is 6.32. The predicted octanol–water partition coefficient (Wildman–Crippen LogP) is 4.06. The molecule has 1 atom stereocenters. The normalized spacial score (nSPS) is 14.6. The number of aromatic nitrogens is 2. The van der Waals surface area contributed by atoms with Crippen LogP contribution in [0, 0.1) is 6.92 Å². The first-order valence-electron chi connectivity index (χ1n) is 10.9. The third-order valence-electron chi connectivity index (χ3n) is 5.00. The molecule has 0 aliphatic carbocycles. The predicted molar refractivity (Wildman–Crippen MR) is 140 cm³/mol. The standard InChI is InChI=1S/C22H32N6O2S.HI/c1-5-23-22(25-14-17-9-10-24-18(13-17)28-11-7-8-12-28)27-16(4)20-26-15(3)19(31-20)21(29)30-6-2;/h9-10,13,16H,5-8,11-12,14H2,1-4H3,(H2,23,25,27);1H. The molecule has 10 heteroatoms. The number of guanidine groups is 1. The van der Waals surface area contributed by atoms with Gasteiger partial charge in [-0.05, 0) is 58.2 Å². The molecule has 3 rings (SSSR count). The number of halogens is 1. The van der Waals surface area contributed by atoms with E-state index in [1.54, 1.807) is 6.92 Å². The summed E-state index contributed by atoms with van der Waals surface area (Å²) < 4.78 is 5.12. The van der Waals surface area contributed by atoms with E-state index in [1.807, 2.05) is 33.0 Å². The van der Waals surface area contributed by atoms with Crippen molar-refractivity contribution in [2.75, 3.05) is 31.1 Å². The van der Waals surface area contributed by atoms with Crippen LogP contribution >= 0.6 is 35.3 Å². The summed E-state index contributed by atoms with van der Waals surface area (Å²) in [6.07, 6.45) is 4.31. The van der Waals surface area contributed by atoms with Gasteiger partial charge < -0.3 is 20.3 Å². The van der Waals surface area contributed by atoms with Crippen LogP contribution in [0.1, 0.15) is 65.6 Å². The molecule has 176 valence electrons. The number of ether oxygens (including phenoxy) is 1. The zero-order chi connectivity index (χ0) is 22.2. The number of nitrogens with one attached hydrogen (secondary N) is 2. The Bertz CT molecular complexity index is 914. The largest absolute Gasteiger partial charge is 0.462 e. The van der Waals surface area contributed by atoms with Crippen LogP contribution in [0.15, 0.2) is 23.3 Å². The molecule has 32 heavy (non-hydrogen) atoms. The van der Waals surface area contributed by atoms with E-state index in [-0.39, 0.29) is 36.0 Å². The molecule has 0 radical (unpaired) electrons. The number of thiazole rings is 1. The molecule has 1 fully saturated rings. The lowest BCUT2D eigenvalue weighted by atomic mass is 10.2. The minimum absolute atomic E-state index is 0. The minimum atomic E-state index is -0.317. The Morgan fingerprint density at radius 1 is 1.34 bits per heavy atom. The van der Waals surface area contributed by atoms with E-state index < -0.39 is 0 Å². The fraction of sp³-hybridized carbons (Fsp3) is 0.545. The van der Waals surface area contributed by atoms with Gasteiger partial charge in [-0.15, -0.1) is 35.3 Å². The maximum Gasteiger partial charge on any atom is 0.350 e. The van der Waals surface area contributed by atoms with Crippen molar-refractivity contribution in [2.45, 2.75) is 53.1 Å². The monoisotopic (exact) mass is 572 g/mol. The van der Waals surface area contributed by atoms with Crippen LogP contribution in [0.3, 0.4) is 0 Å². The van der Waals surface area contributed by atoms with Gasteiger partial charge in [0.2, 0.25) is 0 Å². The smallest absolute Gasteiger partial charge is 0.350 e. The molecule has 3 heterocycles. The fourth-order valence-corrected chi connectivity index (χ4v) is 4.39. The van der Waals surface area contributed by atoms with Crippen molar-refractivity contribution in [3.63, 3.8) is 0 Å². The second-order valence-electron chi connectivity index (χ2n) is 7.46. The van der Waals surface area contributed by atoms with Crippen molar-refractivity contribution < 1.29 is 9.53 Å². The molecule has 0 bridgehead atoms. The summed E-state index contributed by atoms with van der Waals surface area (Å²) in [5.41, 5.74) is 1.82.